The molecule has 32 heavy (non-hydrogen) atoms. The van der Waals surface area contributed by atoms with Crippen molar-refractivity contribution in [1.29, 1.82) is 5.26 Å². The first-order chi connectivity index (χ1) is 15.3. The number of phosphoric acid groups is 1. The van der Waals surface area contributed by atoms with Gasteiger partial charge >= 0.3 is 13.8 Å². The quantitative estimate of drug-likeness (QED) is 0.458. The van der Waals surface area contributed by atoms with E-state index in [2.05, 4.69) is 16.2 Å². The molecule has 14 heteroatoms. The summed E-state index contributed by atoms with van der Waals surface area (Å²) in [7, 11) is -2.61. The summed E-state index contributed by atoms with van der Waals surface area (Å²) >= 11 is 0. The van der Waals surface area contributed by atoms with Crippen molar-refractivity contribution < 1.29 is 32.8 Å². The van der Waals surface area contributed by atoms with Crippen LogP contribution in [0.3, 0.4) is 0 Å². The van der Waals surface area contributed by atoms with Crippen LogP contribution in [0.15, 0.2) is 18.5 Å². The Kier molecular flexibility index (Phi) is 4.97. The number of anilines is 1. The van der Waals surface area contributed by atoms with Gasteiger partial charge in [-0.1, -0.05) is 0 Å². The number of nitriles is 1. The summed E-state index contributed by atoms with van der Waals surface area (Å²) in [4.78, 5) is 28.7. The number of hydrogen-bond donors (Lipinski definition) is 2. The van der Waals surface area contributed by atoms with E-state index < -0.39 is 43.7 Å². The summed E-state index contributed by atoms with van der Waals surface area (Å²) < 4.78 is 35.5. The van der Waals surface area contributed by atoms with E-state index in [0.717, 1.165) is 13.0 Å². The Balaban J connectivity index is 1.60. The first-order valence-corrected chi connectivity index (χ1v) is 11.5. The van der Waals surface area contributed by atoms with Crippen molar-refractivity contribution in [2.24, 2.45) is 0 Å². The molecule has 3 aliphatic rings. The molecule has 5 heterocycles. The molecule has 1 unspecified atom stereocenters. The second kappa shape index (κ2) is 7.48. The fourth-order valence-electron chi connectivity index (χ4n) is 4.55. The van der Waals surface area contributed by atoms with Crippen LogP contribution in [-0.4, -0.2) is 74.9 Å². The molecule has 0 aromatic carbocycles. The lowest BCUT2D eigenvalue weighted by Gasteiger charge is -2.32. The number of likely N-dealkylation sites (tertiary alicyclic amines) is 1. The maximum absolute atomic E-state index is 13.0. The van der Waals surface area contributed by atoms with Crippen LogP contribution >= 0.6 is 7.82 Å². The molecule has 6 atom stereocenters. The van der Waals surface area contributed by atoms with Crippen LogP contribution in [0.4, 0.5) is 5.82 Å². The number of carbonyl (C=O) groups is 1. The van der Waals surface area contributed by atoms with Gasteiger partial charge in [-0.25, -0.2) is 14.1 Å². The van der Waals surface area contributed by atoms with Gasteiger partial charge in [0.25, 0.3) is 0 Å². The third kappa shape index (κ3) is 3.19. The molecule has 5 rings (SSSR count). The highest BCUT2D eigenvalue weighted by molar-refractivity contribution is 7.47. The zero-order chi connectivity index (χ0) is 22.7. The molecular weight excluding hydrogens is 443 g/mol. The molecular formula is C18H21N6O7P. The topological polar surface area (TPSA) is 175 Å². The summed E-state index contributed by atoms with van der Waals surface area (Å²) in [5.41, 5.74) is 4.65. The SMILES string of the molecule is CN1CCC[C@H]1C(=O)O[C@@H]1[C@@H]2OP(=O)(O)OC[C@H]2O[C@@]1(C#N)c1ccc2c(N)ncnn12. The van der Waals surface area contributed by atoms with Crippen LogP contribution in [0.25, 0.3) is 5.52 Å². The second-order valence-electron chi connectivity index (χ2n) is 8.00. The molecule has 0 bridgehead atoms. The predicted molar refractivity (Wildman–Crippen MR) is 106 cm³/mol. The zero-order valence-electron chi connectivity index (χ0n) is 17.0. The fourth-order valence-corrected chi connectivity index (χ4v) is 5.50. The maximum atomic E-state index is 13.0. The molecule has 0 amide bonds. The number of fused-ring (bicyclic) bond motifs is 2. The van der Waals surface area contributed by atoms with Crippen molar-refractivity contribution in [1.82, 2.24) is 19.5 Å². The average molecular weight is 464 g/mol. The van der Waals surface area contributed by atoms with Gasteiger partial charge < -0.3 is 20.1 Å². The van der Waals surface area contributed by atoms with Crippen LogP contribution in [0.2, 0.25) is 0 Å². The van der Waals surface area contributed by atoms with E-state index in [1.165, 1.54) is 10.8 Å². The number of carbonyl (C=O) groups excluding carboxylic acids is 1. The van der Waals surface area contributed by atoms with E-state index in [0.29, 0.717) is 11.9 Å². The van der Waals surface area contributed by atoms with Crippen LogP contribution in [0.1, 0.15) is 18.5 Å². The molecule has 0 aliphatic carbocycles. The van der Waals surface area contributed by atoms with Crippen molar-refractivity contribution in [3.63, 3.8) is 0 Å². The second-order valence-corrected chi connectivity index (χ2v) is 9.40. The monoisotopic (exact) mass is 464 g/mol. The number of phosphoric ester groups is 1. The van der Waals surface area contributed by atoms with Crippen molar-refractivity contribution >= 4 is 25.1 Å². The van der Waals surface area contributed by atoms with E-state index in [1.807, 2.05) is 4.90 Å². The van der Waals surface area contributed by atoms with Crippen molar-refractivity contribution in [3.8, 4) is 6.07 Å². The summed E-state index contributed by atoms with van der Waals surface area (Å²) in [5, 5.41) is 14.5. The van der Waals surface area contributed by atoms with Crippen molar-refractivity contribution in [3.05, 3.63) is 24.2 Å². The van der Waals surface area contributed by atoms with Gasteiger partial charge in [0.2, 0.25) is 5.60 Å². The van der Waals surface area contributed by atoms with Gasteiger partial charge in [-0.15, -0.1) is 0 Å². The molecule has 3 N–H and O–H groups in total. The van der Waals surface area contributed by atoms with Gasteiger partial charge in [0.1, 0.15) is 36.2 Å². The molecule has 13 nitrogen and oxygen atoms in total. The normalized spacial score (nSPS) is 37.3. The van der Waals surface area contributed by atoms with Gasteiger partial charge in [-0.05, 0) is 38.6 Å². The fraction of sp³-hybridized carbons (Fsp3) is 0.556. The Bertz CT molecular complexity index is 1170. The third-order valence-electron chi connectivity index (χ3n) is 6.12. The number of ether oxygens (including phenoxy) is 2. The summed E-state index contributed by atoms with van der Waals surface area (Å²) in [5.74, 6) is -0.396. The predicted octanol–water partition coefficient (Wildman–Crippen LogP) is -0.0490. The van der Waals surface area contributed by atoms with E-state index >= 15 is 0 Å². The Hall–Kier alpha value is -2.59. The van der Waals surface area contributed by atoms with Crippen molar-refractivity contribution in [2.75, 3.05) is 25.9 Å². The number of hydrogen-bond acceptors (Lipinski definition) is 11. The summed E-state index contributed by atoms with van der Waals surface area (Å²) in [6.07, 6.45) is -0.876. The highest BCUT2D eigenvalue weighted by Crippen LogP contribution is 2.55. The molecule has 2 aromatic heterocycles. The molecule has 0 spiro atoms. The Labute approximate surface area is 182 Å². The van der Waals surface area contributed by atoms with E-state index in [9.17, 15) is 19.5 Å². The minimum Gasteiger partial charge on any atom is -0.454 e. The molecule has 3 aliphatic heterocycles. The molecule has 3 fully saturated rings. The number of aromatic nitrogens is 3. The van der Waals surface area contributed by atoms with Gasteiger partial charge in [-0.3, -0.25) is 18.7 Å². The minimum absolute atomic E-state index is 0.176. The van der Waals surface area contributed by atoms with Gasteiger partial charge in [0, 0.05) is 0 Å². The molecule has 3 saturated heterocycles. The third-order valence-corrected chi connectivity index (χ3v) is 7.11. The number of nitrogens with zero attached hydrogens (tertiary/aromatic N) is 5. The number of likely N-dealkylation sites (N-methyl/N-ethyl adjacent to an activating group) is 1. The average Bonchev–Trinajstić information content (AvgIpc) is 3.45. The zero-order valence-corrected chi connectivity index (χ0v) is 17.9. The summed E-state index contributed by atoms with van der Waals surface area (Å²) in [6, 6.07) is 4.75. The van der Waals surface area contributed by atoms with Gasteiger partial charge in [0.05, 0.1) is 12.3 Å². The standard InChI is InChI=1S/C18H21N6O7P/c1-23-6-2-3-11(23)17(25)29-15-14-12(7-28-32(26,27)31-14)30-18(15,8-19)13-5-4-10-16(20)21-9-22-24(10)13/h4-5,9,11-12,14-15H,2-3,6-7H2,1H3,(H,26,27)(H2,20,21,22)/t11-,12+,14+,15+,18-/m0/s1. The highest BCUT2D eigenvalue weighted by Gasteiger charge is 2.64. The molecule has 0 saturated carbocycles. The maximum Gasteiger partial charge on any atom is 0.472 e. The lowest BCUT2D eigenvalue weighted by molar-refractivity contribution is -0.164. The number of rotatable bonds is 3. The molecule has 170 valence electrons. The highest BCUT2D eigenvalue weighted by atomic mass is 31.2. The van der Waals surface area contributed by atoms with E-state index in [-0.39, 0.29) is 18.1 Å². The van der Waals surface area contributed by atoms with Gasteiger partial charge in [0.15, 0.2) is 11.9 Å². The first kappa shape index (κ1) is 21.3. The van der Waals surface area contributed by atoms with Crippen LogP contribution in [0, 0.1) is 11.3 Å². The Morgan fingerprint density at radius 1 is 1.50 bits per heavy atom. The number of nitrogens with two attached hydrogens (primary N) is 1. The lowest BCUT2D eigenvalue weighted by atomic mass is 9.92. The lowest BCUT2D eigenvalue weighted by Crippen LogP contribution is -2.48. The van der Waals surface area contributed by atoms with Crippen LogP contribution < -0.4 is 5.73 Å². The summed E-state index contributed by atoms with van der Waals surface area (Å²) in [6.45, 7) is 0.409. The van der Waals surface area contributed by atoms with E-state index in [4.69, 9.17) is 24.3 Å². The van der Waals surface area contributed by atoms with E-state index in [1.54, 1.807) is 19.2 Å². The largest absolute Gasteiger partial charge is 0.472 e. The number of nitrogen functional groups attached to an aromatic ring is 1. The van der Waals surface area contributed by atoms with Gasteiger partial charge in [-0.2, -0.15) is 10.4 Å². The van der Waals surface area contributed by atoms with Crippen LogP contribution in [0.5, 0.6) is 0 Å². The van der Waals surface area contributed by atoms with Crippen LogP contribution in [-0.2, 0) is 33.5 Å². The number of esters is 1. The molecule has 0 radical (unpaired) electrons. The Morgan fingerprint density at radius 2 is 2.31 bits per heavy atom. The minimum atomic E-state index is -4.42. The van der Waals surface area contributed by atoms with Crippen molar-refractivity contribution in [2.45, 2.75) is 42.8 Å². The smallest absolute Gasteiger partial charge is 0.454 e. The Morgan fingerprint density at radius 3 is 3.03 bits per heavy atom. The first-order valence-electron chi connectivity index (χ1n) is 10.00. The molecule has 2 aromatic rings.